The predicted octanol–water partition coefficient (Wildman–Crippen LogP) is 0.373. The van der Waals surface area contributed by atoms with E-state index in [1.165, 1.54) is 184 Å². The molecule has 0 fully saturated rings. The Morgan fingerprint density at radius 1 is 0.444 bits per heavy atom. The number of halogens is 2. The van der Waals surface area contributed by atoms with Crippen LogP contribution in [0.15, 0.2) is 73.2 Å². The van der Waals surface area contributed by atoms with Crippen molar-refractivity contribution in [2.75, 3.05) is 0 Å². The van der Waals surface area contributed by atoms with Gasteiger partial charge in [0.2, 0.25) is 5.52 Å². The molecule has 3 rings (SSSR count). The first-order valence-electron chi connectivity index (χ1n) is 24.7. The Bertz CT molecular complexity index is 1390. The van der Waals surface area contributed by atoms with E-state index < -0.39 is 17.9 Å². The van der Waals surface area contributed by atoms with Gasteiger partial charge in [0.1, 0.15) is 13.1 Å². The van der Waals surface area contributed by atoms with Gasteiger partial charge in [0.25, 0.3) is 0 Å². The number of pyridine rings is 2. The zero-order chi connectivity index (χ0) is 42.9. The zero-order valence-corrected chi connectivity index (χ0v) is 49.7. The molecule has 0 aliphatic heterocycles. The van der Waals surface area contributed by atoms with E-state index in [0.29, 0.717) is 6.42 Å². The smallest absolute Gasteiger partial charge is 1.00 e. The summed E-state index contributed by atoms with van der Waals surface area (Å²) in [5.41, 5.74) is 1.36. The minimum atomic E-state index is -1.53. The van der Waals surface area contributed by atoms with Crippen LogP contribution in [-0.2, 0) is 22.7 Å². The molecular formula is C53H88BrClK2N2O4. The number of aryl methyl sites for hydroxylation is 2. The van der Waals surface area contributed by atoms with Crippen molar-refractivity contribution in [2.45, 2.75) is 233 Å². The fourth-order valence-corrected chi connectivity index (χ4v) is 7.72. The number of unbranched alkanes of at least 4 members (excludes halogenated alkanes) is 27. The van der Waals surface area contributed by atoms with E-state index in [-0.39, 0.29) is 139 Å². The number of nitrogens with zero attached hydrogens (tertiary/aromatic N) is 2. The third kappa shape index (κ3) is 42.6. The van der Waals surface area contributed by atoms with Gasteiger partial charge < -0.3 is 49.2 Å². The summed E-state index contributed by atoms with van der Waals surface area (Å²) in [5.74, 6) is -4.51. The number of carbonyl (C=O) groups is 2. The van der Waals surface area contributed by atoms with Crippen LogP contribution in [0, 0.1) is 5.92 Å². The van der Waals surface area contributed by atoms with E-state index in [1.807, 2.05) is 0 Å². The number of hydrogen-bond acceptors (Lipinski definition) is 4. The van der Waals surface area contributed by atoms with Crippen LogP contribution >= 0.6 is 0 Å². The van der Waals surface area contributed by atoms with Gasteiger partial charge >= 0.3 is 103 Å². The van der Waals surface area contributed by atoms with E-state index in [9.17, 15) is 19.8 Å². The van der Waals surface area contributed by atoms with Gasteiger partial charge in [-0.15, -0.1) is 0 Å². The number of para-hydroxylation sites is 1. The molecule has 10 heteroatoms. The molecule has 0 aliphatic carbocycles. The first kappa shape index (κ1) is 70.3. The van der Waals surface area contributed by atoms with Gasteiger partial charge in [-0.3, -0.25) is 0 Å². The van der Waals surface area contributed by atoms with Crippen molar-refractivity contribution in [1.29, 1.82) is 0 Å². The van der Waals surface area contributed by atoms with Crippen LogP contribution in [0.4, 0.5) is 0 Å². The fraction of sp³-hybridized carbons (Fsp3) is 0.698. The van der Waals surface area contributed by atoms with Gasteiger partial charge in [-0.1, -0.05) is 206 Å². The molecule has 0 amide bonds. The molecule has 0 unspecified atom stereocenters. The minimum absolute atomic E-state index is 0. The quantitative estimate of drug-likeness (QED) is 0.0370. The molecule has 0 aliphatic rings. The summed E-state index contributed by atoms with van der Waals surface area (Å²) in [6.45, 7) is 9.10. The molecule has 0 N–H and O–H groups in total. The third-order valence-corrected chi connectivity index (χ3v) is 11.5. The molecule has 0 spiro atoms. The van der Waals surface area contributed by atoms with Gasteiger partial charge in [0, 0.05) is 48.4 Å². The SMILES string of the molecule is CCCCCCCCCCCCC(C(=O)[O-])C(=O)[O-].CCCCCCCCCCCC[n+]1cccc2ccccc21.CCCCCCCCCCCC[n+]1ccccc1.[Br-].[Cl-].[K+].[K+]. The number of aliphatic carboxylic acids is 2. The first-order chi connectivity index (χ1) is 28.9. The Balaban J connectivity index is -0.000000404. The Morgan fingerprint density at radius 3 is 1.21 bits per heavy atom. The molecule has 350 valence electrons. The number of rotatable bonds is 35. The van der Waals surface area contributed by atoms with E-state index >= 15 is 0 Å². The summed E-state index contributed by atoms with van der Waals surface area (Å²) >= 11 is 0. The van der Waals surface area contributed by atoms with Crippen molar-refractivity contribution in [2.24, 2.45) is 5.92 Å². The van der Waals surface area contributed by atoms with Crippen molar-refractivity contribution in [3.05, 3.63) is 73.2 Å². The normalized spacial score (nSPS) is 10.2. The van der Waals surface area contributed by atoms with Gasteiger partial charge in [-0.05, 0) is 31.4 Å². The van der Waals surface area contributed by atoms with Gasteiger partial charge in [-0.2, -0.15) is 4.57 Å². The van der Waals surface area contributed by atoms with Crippen molar-refractivity contribution in [1.82, 2.24) is 0 Å². The number of aromatic nitrogens is 2. The Hall–Kier alpha value is 0.763. The molecule has 2 aromatic heterocycles. The predicted molar refractivity (Wildman–Crippen MR) is 244 cm³/mol. The maximum absolute atomic E-state index is 10.5. The van der Waals surface area contributed by atoms with Crippen LogP contribution in [0.1, 0.15) is 220 Å². The molecular weight excluding hydrogens is 922 g/mol. The molecule has 0 atom stereocenters. The molecule has 2 heterocycles. The van der Waals surface area contributed by atoms with E-state index in [2.05, 4.69) is 103 Å². The largest absolute Gasteiger partial charge is 1.00 e. The third-order valence-electron chi connectivity index (χ3n) is 11.5. The summed E-state index contributed by atoms with van der Waals surface area (Å²) in [6.07, 6.45) is 46.2. The molecule has 0 saturated carbocycles. The Labute approximate surface area is 489 Å². The van der Waals surface area contributed by atoms with Gasteiger partial charge in [0.05, 0.1) is 11.9 Å². The minimum Gasteiger partial charge on any atom is -1.00 e. The van der Waals surface area contributed by atoms with Crippen molar-refractivity contribution < 1.29 is 161 Å². The molecule has 0 bridgehead atoms. The second-order valence-corrected chi connectivity index (χ2v) is 16.9. The molecule has 1 aromatic carbocycles. The van der Waals surface area contributed by atoms with Crippen LogP contribution < -0.4 is 152 Å². The van der Waals surface area contributed by atoms with Gasteiger partial charge in [0.15, 0.2) is 18.6 Å². The van der Waals surface area contributed by atoms with E-state index in [4.69, 9.17) is 0 Å². The molecule has 0 saturated heterocycles. The second kappa shape index (κ2) is 53.7. The maximum atomic E-state index is 10.5. The average molecular weight is 1010 g/mol. The number of carbonyl (C=O) groups excluding carboxylic acids is 2. The standard InChI is InChI=1S/C21H32N.C17H30N.C15H28O4.BrH.ClH.2K/c1-2-3-4-5-6-7-8-9-10-13-18-22-19-14-16-20-15-11-12-17-21(20)22;1-2-3-4-5-6-7-8-9-10-12-15-18-16-13-11-14-17-18;1-2-3-4-5-6-7-8-9-10-11-12-13(14(16)17)15(18)19;;;;/h11-12,14-17,19H,2-10,13,18H2,1H3;11,13-14,16-17H,2-10,12,15H2,1H3;13H,2-12H2,1H3,(H,16,17)(H,18,19);2*1H;;/q2*+1;;;;2*+1/p-4. The Kier molecular flexibility index (Phi) is 60.0. The number of carboxylic acids is 2. The zero-order valence-electron chi connectivity index (χ0n) is 41.1. The number of hydrogen-bond donors (Lipinski definition) is 0. The second-order valence-electron chi connectivity index (χ2n) is 16.9. The van der Waals surface area contributed by atoms with Crippen molar-refractivity contribution in [3.8, 4) is 0 Å². The van der Waals surface area contributed by atoms with Gasteiger partial charge in [-0.25, -0.2) is 4.57 Å². The van der Waals surface area contributed by atoms with Crippen LogP contribution in [0.5, 0.6) is 0 Å². The van der Waals surface area contributed by atoms with Crippen LogP contribution in [0.25, 0.3) is 10.9 Å². The number of benzene rings is 1. The molecule has 6 nitrogen and oxygen atoms in total. The van der Waals surface area contributed by atoms with E-state index in [1.54, 1.807) is 0 Å². The average Bonchev–Trinajstić information content (AvgIpc) is 3.25. The summed E-state index contributed by atoms with van der Waals surface area (Å²) in [6, 6.07) is 19.3. The Morgan fingerprint density at radius 2 is 0.794 bits per heavy atom. The summed E-state index contributed by atoms with van der Waals surface area (Å²) in [5, 5.41) is 22.3. The van der Waals surface area contributed by atoms with Crippen LogP contribution in [0.2, 0.25) is 0 Å². The molecule has 63 heavy (non-hydrogen) atoms. The first-order valence-corrected chi connectivity index (χ1v) is 24.7. The summed E-state index contributed by atoms with van der Waals surface area (Å²) in [7, 11) is 0. The monoisotopic (exact) mass is 1010 g/mol. The van der Waals surface area contributed by atoms with Crippen molar-refractivity contribution >= 4 is 22.8 Å². The molecule has 3 aromatic rings. The number of carboxylic acid groups (broad SMARTS) is 2. The maximum Gasteiger partial charge on any atom is 1.00 e. The number of fused-ring (bicyclic) bond motifs is 1. The van der Waals surface area contributed by atoms with Crippen LogP contribution in [0.3, 0.4) is 0 Å². The van der Waals surface area contributed by atoms with E-state index in [0.717, 1.165) is 25.8 Å². The van der Waals surface area contributed by atoms with Crippen molar-refractivity contribution in [3.63, 3.8) is 0 Å². The fourth-order valence-electron chi connectivity index (χ4n) is 7.72. The topological polar surface area (TPSA) is 88.0 Å². The molecule has 0 radical (unpaired) electrons. The van der Waals surface area contributed by atoms with Crippen LogP contribution in [-0.4, -0.2) is 11.9 Å². The summed E-state index contributed by atoms with van der Waals surface area (Å²) in [4.78, 5) is 21.0. The summed E-state index contributed by atoms with van der Waals surface area (Å²) < 4.78 is 4.69.